The molecule has 0 saturated carbocycles. The Morgan fingerprint density at radius 2 is 2.35 bits per heavy atom. The SMILES string of the molecule is COCC(=O)Nc1cn[nH]c1C1CCCN(c2nc(C(F)(F)F)cs2)C1. The second kappa shape index (κ2) is 7.62. The van der Waals surface area contributed by atoms with Gasteiger partial charge in [0.2, 0.25) is 5.91 Å². The molecule has 0 radical (unpaired) electrons. The number of nitrogens with one attached hydrogen (secondary N) is 2. The fourth-order valence-corrected chi connectivity index (χ4v) is 3.82. The molecule has 1 aliphatic heterocycles. The van der Waals surface area contributed by atoms with Crippen molar-refractivity contribution in [2.45, 2.75) is 24.9 Å². The predicted octanol–water partition coefficient (Wildman–Crippen LogP) is 2.85. The van der Waals surface area contributed by atoms with Crippen LogP contribution < -0.4 is 10.2 Å². The van der Waals surface area contributed by atoms with E-state index in [0.717, 1.165) is 35.3 Å². The first-order chi connectivity index (χ1) is 12.4. The van der Waals surface area contributed by atoms with E-state index in [9.17, 15) is 18.0 Å². The third-order valence-corrected chi connectivity index (χ3v) is 5.00. The molecule has 0 aromatic carbocycles. The number of H-pyrrole nitrogens is 1. The Balaban J connectivity index is 1.72. The van der Waals surface area contributed by atoms with Crippen LogP contribution in [0.1, 0.15) is 30.1 Å². The van der Waals surface area contributed by atoms with Crippen molar-refractivity contribution in [2.75, 3.05) is 37.0 Å². The van der Waals surface area contributed by atoms with Gasteiger partial charge in [-0.15, -0.1) is 11.3 Å². The van der Waals surface area contributed by atoms with E-state index in [4.69, 9.17) is 4.74 Å². The minimum absolute atomic E-state index is 0.00216. The summed E-state index contributed by atoms with van der Waals surface area (Å²) in [5.41, 5.74) is 0.453. The van der Waals surface area contributed by atoms with Crippen molar-refractivity contribution >= 4 is 28.1 Å². The lowest BCUT2D eigenvalue weighted by atomic mass is 9.94. The number of hydrogen-bond donors (Lipinski definition) is 2. The van der Waals surface area contributed by atoms with Gasteiger partial charge >= 0.3 is 6.18 Å². The van der Waals surface area contributed by atoms with Gasteiger partial charge in [0.05, 0.1) is 17.6 Å². The maximum atomic E-state index is 12.8. The molecule has 2 aromatic rings. The van der Waals surface area contributed by atoms with E-state index in [-0.39, 0.29) is 18.4 Å². The summed E-state index contributed by atoms with van der Waals surface area (Å²) in [6, 6.07) is 0. The van der Waals surface area contributed by atoms with Crippen molar-refractivity contribution < 1.29 is 22.7 Å². The topological polar surface area (TPSA) is 83.1 Å². The molecule has 3 heterocycles. The van der Waals surface area contributed by atoms with Gasteiger partial charge in [-0.25, -0.2) is 4.98 Å². The van der Waals surface area contributed by atoms with Crippen molar-refractivity contribution in [1.29, 1.82) is 0 Å². The molecule has 1 unspecified atom stereocenters. The first kappa shape index (κ1) is 18.6. The van der Waals surface area contributed by atoms with Crippen LogP contribution in [-0.4, -0.2) is 47.9 Å². The van der Waals surface area contributed by atoms with Gasteiger partial charge in [0, 0.05) is 31.5 Å². The van der Waals surface area contributed by atoms with Crippen LogP contribution in [0.25, 0.3) is 0 Å². The Morgan fingerprint density at radius 3 is 3.04 bits per heavy atom. The Bertz CT molecular complexity index is 761. The highest BCUT2D eigenvalue weighted by atomic mass is 32.1. The van der Waals surface area contributed by atoms with Crippen LogP contribution in [0.5, 0.6) is 0 Å². The van der Waals surface area contributed by atoms with Crippen LogP contribution in [0.15, 0.2) is 11.6 Å². The van der Waals surface area contributed by atoms with E-state index in [2.05, 4.69) is 20.5 Å². The second-order valence-electron chi connectivity index (χ2n) is 5.98. The molecule has 2 aromatic heterocycles. The average molecular weight is 389 g/mol. The molecule has 11 heteroatoms. The molecule has 7 nitrogen and oxygen atoms in total. The van der Waals surface area contributed by atoms with Gasteiger partial charge < -0.3 is 15.0 Å². The molecule has 0 bridgehead atoms. The van der Waals surface area contributed by atoms with Crippen LogP contribution in [-0.2, 0) is 15.7 Å². The van der Waals surface area contributed by atoms with Gasteiger partial charge in [-0.2, -0.15) is 18.3 Å². The van der Waals surface area contributed by atoms with Gasteiger partial charge in [-0.05, 0) is 12.8 Å². The summed E-state index contributed by atoms with van der Waals surface area (Å²) in [5, 5.41) is 11.0. The van der Waals surface area contributed by atoms with Crippen LogP contribution in [0.4, 0.5) is 24.0 Å². The maximum Gasteiger partial charge on any atom is 0.434 e. The summed E-state index contributed by atoms with van der Waals surface area (Å²) in [7, 11) is 1.43. The van der Waals surface area contributed by atoms with Crippen LogP contribution >= 0.6 is 11.3 Å². The molecule has 26 heavy (non-hydrogen) atoms. The Hall–Kier alpha value is -2.14. The van der Waals surface area contributed by atoms with E-state index in [0.29, 0.717) is 23.9 Å². The number of amides is 1. The quantitative estimate of drug-likeness (QED) is 0.822. The lowest BCUT2D eigenvalue weighted by Crippen LogP contribution is -2.35. The van der Waals surface area contributed by atoms with E-state index in [1.54, 1.807) is 0 Å². The number of alkyl halides is 3. The highest BCUT2D eigenvalue weighted by Gasteiger charge is 2.35. The molecule has 3 rings (SSSR count). The maximum absolute atomic E-state index is 12.8. The average Bonchev–Trinajstić information content (AvgIpc) is 3.24. The standard InChI is InChI=1S/C15H18F3N5O2S/c1-25-7-12(24)20-10-5-19-22-13(10)9-3-2-4-23(6-9)14-21-11(8-26-14)15(16,17)18/h5,8-9H,2-4,6-7H2,1H3,(H,19,22)(H,20,24). The molecule has 0 spiro atoms. The molecule has 142 valence electrons. The predicted molar refractivity (Wildman–Crippen MR) is 90.4 cm³/mol. The number of thiazole rings is 1. The number of carbonyl (C=O) groups excluding carboxylic acids is 1. The fraction of sp³-hybridized carbons (Fsp3) is 0.533. The molecular weight excluding hydrogens is 371 g/mol. The second-order valence-corrected chi connectivity index (χ2v) is 6.81. The number of piperidine rings is 1. The summed E-state index contributed by atoms with van der Waals surface area (Å²) < 4.78 is 43.1. The smallest absolute Gasteiger partial charge is 0.375 e. The molecule has 1 atom stereocenters. The van der Waals surface area contributed by atoms with E-state index in [1.165, 1.54) is 13.3 Å². The van der Waals surface area contributed by atoms with Crippen LogP contribution in [0, 0.1) is 0 Å². The minimum Gasteiger partial charge on any atom is -0.375 e. The van der Waals surface area contributed by atoms with E-state index >= 15 is 0 Å². The van der Waals surface area contributed by atoms with Crippen LogP contribution in [0.2, 0.25) is 0 Å². The summed E-state index contributed by atoms with van der Waals surface area (Å²) in [4.78, 5) is 17.3. The lowest BCUT2D eigenvalue weighted by molar-refractivity contribution is -0.140. The number of halogens is 3. The van der Waals surface area contributed by atoms with Gasteiger partial charge in [-0.3, -0.25) is 9.89 Å². The highest BCUT2D eigenvalue weighted by Crippen LogP contribution is 2.36. The number of anilines is 2. The summed E-state index contributed by atoms with van der Waals surface area (Å²) >= 11 is 0.986. The minimum atomic E-state index is -4.44. The summed E-state index contributed by atoms with van der Waals surface area (Å²) in [5.74, 6) is -0.292. The Kier molecular flexibility index (Phi) is 5.47. The normalized spacial score (nSPS) is 18.2. The third-order valence-electron chi connectivity index (χ3n) is 4.10. The molecule has 2 N–H and O–H groups in total. The number of ether oxygens (including phenoxy) is 1. The molecule has 1 aliphatic rings. The van der Waals surface area contributed by atoms with Crippen molar-refractivity contribution in [2.24, 2.45) is 0 Å². The van der Waals surface area contributed by atoms with E-state index in [1.807, 2.05) is 4.90 Å². The molecule has 0 aliphatic carbocycles. The molecule has 1 saturated heterocycles. The highest BCUT2D eigenvalue weighted by molar-refractivity contribution is 7.13. The molecule has 1 amide bonds. The Morgan fingerprint density at radius 1 is 1.54 bits per heavy atom. The summed E-state index contributed by atoms with van der Waals surface area (Å²) in [6.07, 6.45) is -1.28. The summed E-state index contributed by atoms with van der Waals surface area (Å²) in [6.45, 7) is 1.07. The van der Waals surface area contributed by atoms with Gasteiger partial charge in [0.15, 0.2) is 10.8 Å². The van der Waals surface area contributed by atoms with E-state index < -0.39 is 11.9 Å². The number of aromatic nitrogens is 3. The zero-order valence-electron chi connectivity index (χ0n) is 14.0. The molecule has 1 fully saturated rings. The van der Waals surface area contributed by atoms with Crippen molar-refractivity contribution in [1.82, 2.24) is 15.2 Å². The van der Waals surface area contributed by atoms with Crippen molar-refractivity contribution in [3.8, 4) is 0 Å². The number of hydrogen-bond acceptors (Lipinski definition) is 6. The first-order valence-electron chi connectivity index (χ1n) is 7.98. The zero-order valence-corrected chi connectivity index (χ0v) is 14.8. The number of rotatable bonds is 5. The largest absolute Gasteiger partial charge is 0.434 e. The number of carbonyl (C=O) groups is 1. The van der Waals surface area contributed by atoms with Gasteiger partial charge in [0.1, 0.15) is 6.61 Å². The first-order valence-corrected chi connectivity index (χ1v) is 8.86. The number of aromatic amines is 1. The monoisotopic (exact) mass is 389 g/mol. The molecular formula is C15H18F3N5O2S. The van der Waals surface area contributed by atoms with Crippen LogP contribution in [0.3, 0.4) is 0 Å². The van der Waals surface area contributed by atoms with Gasteiger partial charge in [0.25, 0.3) is 0 Å². The number of nitrogens with zero attached hydrogens (tertiary/aromatic N) is 3. The van der Waals surface area contributed by atoms with Crippen molar-refractivity contribution in [3.05, 3.63) is 23.0 Å². The lowest BCUT2D eigenvalue weighted by Gasteiger charge is -2.32. The third kappa shape index (κ3) is 4.15. The Labute approximate surface area is 151 Å². The fourth-order valence-electron chi connectivity index (χ4n) is 2.95. The van der Waals surface area contributed by atoms with Crippen molar-refractivity contribution in [3.63, 3.8) is 0 Å². The van der Waals surface area contributed by atoms with Gasteiger partial charge in [-0.1, -0.05) is 0 Å². The number of methoxy groups -OCH3 is 1. The zero-order chi connectivity index (χ0) is 18.7.